The quantitative estimate of drug-likeness (QED) is 0.830. The third kappa shape index (κ3) is 2.13. The fourth-order valence-electron chi connectivity index (χ4n) is 3.06. The summed E-state index contributed by atoms with van der Waals surface area (Å²) in [5.74, 6) is 0. The molecular formula is C16H23N. The van der Waals surface area contributed by atoms with Crippen LogP contribution in [0.15, 0.2) is 24.3 Å². The summed E-state index contributed by atoms with van der Waals surface area (Å²) in [6, 6.07) is 10.2. The van der Waals surface area contributed by atoms with E-state index in [1.807, 2.05) is 0 Å². The van der Waals surface area contributed by atoms with Crippen molar-refractivity contribution in [2.45, 2.75) is 58.0 Å². The van der Waals surface area contributed by atoms with Gasteiger partial charge in [0, 0.05) is 12.1 Å². The second kappa shape index (κ2) is 4.13. The number of hydrogen-bond donors (Lipinski definition) is 1. The second-order valence-electron chi connectivity index (χ2n) is 6.19. The van der Waals surface area contributed by atoms with Gasteiger partial charge >= 0.3 is 0 Å². The summed E-state index contributed by atoms with van der Waals surface area (Å²) in [4.78, 5) is 0. The number of benzene rings is 1. The molecule has 1 N–H and O–H groups in total. The van der Waals surface area contributed by atoms with Crippen LogP contribution in [0.2, 0.25) is 0 Å². The van der Waals surface area contributed by atoms with E-state index in [9.17, 15) is 0 Å². The molecule has 0 aliphatic heterocycles. The van der Waals surface area contributed by atoms with E-state index in [0.29, 0.717) is 17.5 Å². The summed E-state index contributed by atoms with van der Waals surface area (Å²) < 4.78 is 0. The van der Waals surface area contributed by atoms with E-state index in [0.717, 1.165) is 0 Å². The van der Waals surface area contributed by atoms with Crippen LogP contribution in [0.3, 0.4) is 0 Å². The van der Waals surface area contributed by atoms with Crippen molar-refractivity contribution in [1.29, 1.82) is 0 Å². The molecule has 1 nitrogen and oxygen atoms in total. The third-order valence-electron chi connectivity index (χ3n) is 4.90. The summed E-state index contributed by atoms with van der Waals surface area (Å²) in [5, 5.41) is 3.88. The minimum absolute atomic E-state index is 0.576. The Morgan fingerprint density at radius 3 is 2.82 bits per heavy atom. The molecule has 0 saturated heterocycles. The van der Waals surface area contributed by atoms with Gasteiger partial charge in [0.05, 0.1) is 0 Å². The van der Waals surface area contributed by atoms with E-state index in [1.165, 1.54) is 32.1 Å². The molecule has 2 aliphatic carbocycles. The first-order chi connectivity index (χ1) is 8.19. The molecule has 0 bridgehead atoms. The lowest BCUT2D eigenvalue weighted by Crippen LogP contribution is -2.37. The summed E-state index contributed by atoms with van der Waals surface area (Å²) in [6.07, 6.45) is 6.70. The van der Waals surface area contributed by atoms with Crippen molar-refractivity contribution in [2.75, 3.05) is 0 Å². The van der Waals surface area contributed by atoms with Crippen molar-refractivity contribution in [3.8, 4) is 0 Å². The first-order valence-electron chi connectivity index (χ1n) is 7.03. The highest BCUT2D eigenvalue weighted by Crippen LogP contribution is 2.48. The maximum atomic E-state index is 3.88. The summed E-state index contributed by atoms with van der Waals surface area (Å²) in [7, 11) is 0. The molecule has 0 amide bonds. The molecule has 1 fully saturated rings. The Labute approximate surface area is 105 Å². The zero-order valence-electron chi connectivity index (χ0n) is 11.0. The van der Waals surface area contributed by atoms with Gasteiger partial charge in [-0.2, -0.15) is 0 Å². The van der Waals surface area contributed by atoms with Gasteiger partial charge in [-0.15, -0.1) is 0 Å². The van der Waals surface area contributed by atoms with Gasteiger partial charge in [-0.05, 0) is 55.6 Å². The second-order valence-corrected chi connectivity index (χ2v) is 6.19. The van der Waals surface area contributed by atoms with E-state index in [1.54, 1.807) is 11.1 Å². The maximum Gasteiger partial charge on any atom is 0.0325 e. The first kappa shape index (κ1) is 11.3. The van der Waals surface area contributed by atoms with Gasteiger partial charge in [0.15, 0.2) is 0 Å². The first-order valence-corrected chi connectivity index (χ1v) is 7.03. The Hall–Kier alpha value is -0.820. The largest absolute Gasteiger partial charge is 0.307 e. The molecule has 0 heterocycles. The molecule has 2 unspecified atom stereocenters. The zero-order valence-corrected chi connectivity index (χ0v) is 11.0. The Bertz CT molecular complexity index is 406. The molecule has 3 rings (SSSR count). The topological polar surface area (TPSA) is 12.0 Å². The van der Waals surface area contributed by atoms with Gasteiger partial charge in [-0.3, -0.25) is 0 Å². The van der Waals surface area contributed by atoms with Crippen LogP contribution in [0.1, 0.15) is 56.7 Å². The molecule has 0 radical (unpaired) electrons. The predicted octanol–water partition coefficient (Wildman–Crippen LogP) is 3.84. The number of rotatable bonds is 3. The molecule has 1 heteroatoms. The molecule has 0 spiro atoms. The highest BCUT2D eigenvalue weighted by atomic mass is 15.0. The van der Waals surface area contributed by atoms with E-state index in [2.05, 4.69) is 43.4 Å². The van der Waals surface area contributed by atoms with E-state index >= 15 is 0 Å². The molecule has 17 heavy (non-hydrogen) atoms. The van der Waals surface area contributed by atoms with Crippen molar-refractivity contribution in [3.05, 3.63) is 35.4 Å². The number of nitrogens with one attached hydrogen (secondary N) is 1. The smallest absolute Gasteiger partial charge is 0.0325 e. The Morgan fingerprint density at radius 1 is 1.29 bits per heavy atom. The zero-order chi connectivity index (χ0) is 11.9. The summed E-state index contributed by atoms with van der Waals surface area (Å²) in [5.41, 5.74) is 3.69. The lowest BCUT2D eigenvalue weighted by Gasteiger charge is -2.31. The van der Waals surface area contributed by atoms with Crippen molar-refractivity contribution in [1.82, 2.24) is 5.32 Å². The van der Waals surface area contributed by atoms with Gasteiger partial charge in [0.2, 0.25) is 0 Å². The van der Waals surface area contributed by atoms with E-state index < -0.39 is 0 Å². The van der Waals surface area contributed by atoms with Gasteiger partial charge in [0.1, 0.15) is 0 Å². The average molecular weight is 229 g/mol. The summed E-state index contributed by atoms with van der Waals surface area (Å²) >= 11 is 0. The Balaban J connectivity index is 1.76. The fraction of sp³-hybridized carbons (Fsp3) is 0.625. The lowest BCUT2D eigenvalue weighted by molar-refractivity contribution is 0.321. The van der Waals surface area contributed by atoms with Crippen LogP contribution in [0, 0.1) is 5.41 Å². The molecule has 1 aromatic rings. The molecule has 2 atom stereocenters. The van der Waals surface area contributed by atoms with Crippen molar-refractivity contribution >= 4 is 0 Å². The highest BCUT2D eigenvalue weighted by Gasteiger charge is 2.43. The van der Waals surface area contributed by atoms with Crippen LogP contribution >= 0.6 is 0 Å². The minimum atomic E-state index is 0.576. The molecular weight excluding hydrogens is 206 g/mol. The molecule has 1 aromatic carbocycles. The standard InChI is InChI=1S/C16H23N/c1-12(16(2)10-11-16)17-15-9-5-7-13-6-3-4-8-14(13)15/h3-4,6,8,12,15,17H,5,7,9-11H2,1-2H3. The summed E-state index contributed by atoms with van der Waals surface area (Å²) in [6.45, 7) is 4.78. The van der Waals surface area contributed by atoms with Crippen molar-refractivity contribution < 1.29 is 0 Å². The Morgan fingerprint density at radius 2 is 2.06 bits per heavy atom. The van der Waals surface area contributed by atoms with Crippen LogP contribution in [-0.2, 0) is 6.42 Å². The number of fused-ring (bicyclic) bond motifs is 1. The molecule has 92 valence electrons. The van der Waals surface area contributed by atoms with Gasteiger partial charge in [-0.1, -0.05) is 31.2 Å². The molecule has 2 aliphatic rings. The normalized spacial score (nSPS) is 27.3. The fourth-order valence-corrected chi connectivity index (χ4v) is 3.06. The Kier molecular flexibility index (Phi) is 2.74. The van der Waals surface area contributed by atoms with Gasteiger partial charge < -0.3 is 5.32 Å². The van der Waals surface area contributed by atoms with Gasteiger partial charge in [-0.25, -0.2) is 0 Å². The van der Waals surface area contributed by atoms with Gasteiger partial charge in [0.25, 0.3) is 0 Å². The van der Waals surface area contributed by atoms with E-state index in [-0.39, 0.29) is 0 Å². The van der Waals surface area contributed by atoms with Crippen LogP contribution in [-0.4, -0.2) is 6.04 Å². The lowest BCUT2D eigenvalue weighted by atomic mass is 9.86. The molecule has 1 saturated carbocycles. The van der Waals surface area contributed by atoms with Crippen molar-refractivity contribution in [3.63, 3.8) is 0 Å². The maximum absolute atomic E-state index is 3.88. The van der Waals surface area contributed by atoms with Crippen LogP contribution < -0.4 is 5.32 Å². The average Bonchev–Trinajstić information content (AvgIpc) is 3.09. The van der Waals surface area contributed by atoms with E-state index in [4.69, 9.17) is 0 Å². The highest BCUT2D eigenvalue weighted by molar-refractivity contribution is 5.32. The molecule has 0 aromatic heterocycles. The van der Waals surface area contributed by atoms with Crippen LogP contribution in [0.25, 0.3) is 0 Å². The third-order valence-corrected chi connectivity index (χ3v) is 4.90. The predicted molar refractivity (Wildman–Crippen MR) is 72.1 cm³/mol. The monoisotopic (exact) mass is 229 g/mol. The number of aryl methyl sites for hydroxylation is 1. The number of hydrogen-bond acceptors (Lipinski definition) is 1. The van der Waals surface area contributed by atoms with Crippen LogP contribution in [0.5, 0.6) is 0 Å². The van der Waals surface area contributed by atoms with Crippen LogP contribution in [0.4, 0.5) is 0 Å². The SMILES string of the molecule is CC(NC1CCCc2ccccc21)C1(C)CC1. The van der Waals surface area contributed by atoms with Crippen molar-refractivity contribution in [2.24, 2.45) is 5.41 Å². The minimum Gasteiger partial charge on any atom is -0.307 e.